The van der Waals surface area contributed by atoms with E-state index in [9.17, 15) is 21.6 Å². The van der Waals surface area contributed by atoms with E-state index >= 15 is 0 Å². The van der Waals surface area contributed by atoms with Gasteiger partial charge in [-0.15, -0.1) is 0 Å². The monoisotopic (exact) mass is 359 g/mol. The molecule has 3 nitrogen and oxygen atoms in total. The van der Waals surface area contributed by atoms with Crippen molar-refractivity contribution >= 4 is 31.5 Å². The summed E-state index contributed by atoms with van der Waals surface area (Å²) in [6.45, 7) is 1.44. The van der Waals surface area contributed by atoms with E-state index in [1.54, 1.807) is 0 Å². The van der Waals surface area contributed by atoms with E-state index in [1.165, 1.54) is 19.1 Å². The van der Waals surface area contributed by atoms with Gasteiger partial charge in [-0.25, -0.2) is 8.42 Å². The van der Waals surface area contributed by atoms with Gasteiger partial charge < -0.3 is 5.32 Å². The second-order valence-electron chi connectivity index (χ2n) is 3.85. The van der Waals surface area contributed by atoms with Crippen molar-refractivity contribution in [2.45, 2.75) is 13.1 Å². The lowest BCUT2D eigenvalue weighted by atomic mass is 10.1. The van der Waals surface area contributed by atoms with E-state index < -0.39 is 21.6 Å². The number of hydrogen-bond donors (Lipinski definition) is 1. The number of halogens is 4. The molecule has 0 amide bonds. The summed E-state index contributed by atoms with van der Waals surface area (Å²) >= 11 is 2.98. The smallest absolute Gasteiger partial charge is 0.384 e. The van der Waals surface area contributed by atoms with Crippen molar-refractivity contribution in [3.8, 4) is 0 Å². The molecule has 19 heavy (non-hydrogen) atoms. The van der Waals surface area contributed by atoms with E-state index in [4.69, 9.17) is 0 Å². The third-order valence-corrected chi connectivity index (χ3v) is 4.65. The summed E-state index contributed by atoms with van der Waals surface area (Å²) in [5.41, 5.74) is -0.947. The lowest BCUT2D eigenvalue weighted by molar-refractivity contribution is -0.137. The maximum atomic E-state index is 12.8. The van der Waals surface area contributed by atoms with Crippen LogP contribution in [-0.4, -0.2) is 26.5 Å². The van der Waals surface area contributed by atoms with Crippen LogP contribution in [0.5, 0.6) is 0 Å². The Balaban J connectivity index is 2.85. The van der Waals surface area contributed by atoms with Crippen LogP contribution in [0.3, 0.4) is 0 Å². The minimum absolute atomic E-state index is 0.0266. The van der Waals surface area contributed by atoms with Crippen molar-refractivity contribution in [1.82, 2.24) is 0 Å². The summed E-state index contributed by atoms with van der Waals surface area (Å²) in [5.74, 6) is -0.224. The molecule has 0 spiro atoms. The molecule has 0 unspecified atom stereocenters. The summed E-state index contributed by atoms with van der Waals surface area (Å²) in [7, 11) is -3.20. The molecule has 0 heterocycles. The van der Waals surface area contributed by atoms with Gasteiger partial charge in [-0.1, -0.05) is 22.9 Å². The second kappa shape index (κ2) is 6.13. The van der Waals surface area contributed by atoms with Crippen LogP contribution in [0.15, 0.2) is 22.7 Å². The van der Waals surface area contributed by atoms with Gasteiger partial charge in [0, 0.05) is 22.5 Å². The Labute approximate surface area is 118 Å². The van der Waals surface area contributed by atoms with Crippen LogP contribution in [0, 0.1) is 0 Å². The van der Waals surface area contributed by atoms with Gasteiger partial charge in [0.2, 0.25) is 0 Å². The molecule has 0 aromatic heterocycles. The largest absolute Gasteiger partial charge is 0.418 e. The number of anilines is 1. The summed E-state index contributed by atoms with van der Waals surface area (Å²) in [6.07, 6.45) is -4.49. The fourth-order valence-corrected chi connectivity index (χ4v) is 2.45. The zero-order chi connectivity index (χ0) is 14.7. The van der Waals surface area contributed by atoms with E-state index in [1.807, 2.05) is 0 Å². The van der Waals surface area contributed by atoms with Gasteiger partial charge in [-0.2, -0.15) is 13.2 Å². The molecule has 1 N–H and O–H groups in total. The number of hydrogen-bond acceptors (Lipinski definition) is 3. The fourth-order valence-electron chi connectivity index (χ4n) is 1.39. The zero-order valence-corrected chi connectivity index (χ0v) is 12.5. The van der Waals surface area contributed by atoms with Gasteiger partial charge in [0.25, 0.3) is 0 Å². The number of sulfone groups is 1. The minimum atomic E-state index is -4.49. The molecule has 0 bridgehead atoms. The predicted molar refractivity (Wildman–Crippen MR) is 72.0 cm³/mol. The molecule has 1 aromatic rings. The normalized spacial score (nSPS) is 12.5. The Morgan fingerprint density at radius 2 is 1.95 bits per heavy atom. The van der Waals surface area contributed by atoms with E-state index in [0.29, 0.717) is 4.47 Å². The van der Waals surface area contributed by atoms with Gasteiger partial charge in [-0.3, -0.25) is 0 Å². The van der Waals surface area contributed by atoms with Gasteiger partial charge in [0.05, 0.1) is 11.3 Å². The van der Waals surface area contributed by atoms with Crippen LogP contribution in [0.2, 0.25) is 0 Å². The highest BCUT2D eigenvalue weighted by molar-refractivity contribution is 9.10. The molecular formula is C11H13BrF3NO2S. The molecule has 0 atom stereocenters. The van der Waals surface area contributed by atoms with Crippen LogP contribution < -0.4 is 5.32 Å². The Kier molecular flexibility index (Phi) is 5.26. The quantitative estimate of drug-likeness (QED) is 0.877. The van der Waals surface area contributed by atoms with Crippen LogP contribution >= 0.6 is 15.9 Å². The van der Waals surface area contributed by atoms with Crippen molar-refractivity contribution in [2.75, 3.05) is 23.4 Å². The van der Waals surface area contributed by atoms with E-state index in [-0.39, 0.29) is 23.7 Å². The van der Waals surface area contributed by atoms with Gasteiger partial charge in [0.15, 0.2) is 9.84 Å². The molecular weight excluding hydrogens is 347 g/mol. The second-order valence-corrected chi connectivity index (χ2v) is 7.24. The molecule has 0 aliphatic rings. The third-order valence-electron chi connectivity index (χ3n) is 2.46. The van der Waals surface area contributed by atoms with Crippen molar-refractivity contribution in [1.29, 1.82) is 0 Å². The Morgan fingerprint density at radius 3 is 2.47 bits per heavy atom. The van der Waals surface area contributed by atoms with E-state index in [0.717, 1.165) is 6.07 Å². The highest BCUT2D eigenvalue weighted by Gasteiger charge is 2.33. The molecule has 1 rings (SSSR count). The van der Waals surface area contributed by atoms with Crippen LogP contribution in [0.25, 0.3) is 0 Å². The SMILES string of the molecule is CCS(=O)(=O)CCNc1ccc(Br)cc1C(F)(F)F. The molecule has 0 radical (unpaired) electrons. The first-order chi connectivity index (χ1) is 8.65. The molecule has 0 aliphatic carbocycles. The lowest BCUT2D eigenvalue weighted by Crippen LogP contribution is -2.19. The molecule has 0 aliphatic heterocycles. The summed E-state index contributed by atoms with van der Waals surface area (Å²) in [6, 6.07) is 3.69. The number of nitrogens with one attached hydrogen (secondary N) is 1. The topological polar surface area (TPSA) is 46.2 Å². The third kappa shape index (κ3) is 5.02. The Morgan fingerprint density at radius 1 is 1.32 bits per heavy atom. The Hall–Kier alpha value is -0.760. The van der Waals surface area contributed by atoms with Crippen molar-refractivity contribution in [3.63, 3.8) is 0 Å². The number of alkyl halides is 3. The minimum Gasteiger partial charge on any atom is -0.384 e. The highest BCUT2D eigenvalue weighted by atomic mass is 79.9. The number of rotatable bonds is 5. The van der Waals surface area contributed by atoms with Crippen LogP contribution in [0.4, 0.5) is 18.9 Å². The fraction of sp³-hybridized carbons (Fsp3) is 0.455. The summed E-state index contributed by atoms with van der Waals surface area (Å²) in [5, 5.41) is 2.52. The highest BCUT2D eigenvalue weighted by Crippen LogP contribution is 2.36. The molecule has 0 fully saturated rings. The van der Waals surface area contributed by atoms with Gasteiger partial charge in [0.1, 0.15) is 0 Å². The zero-order valence-electron chi connectivity index (χ0n) is 10.1. The first kappa shape index (κ1) is 16.3. The van der Waals surface area contributed by atoms with Crippen LogP contribution in [0.1, 0.15) is 12.5 Å². The van der Waals surface area contributed by atoms with Gasteiger partial charge >= 0.3 is 6.18 Å². The molecule has 108 valence electrons. The maximum absolute atomic E-state index is 12.8. The average Bonchev–Trinajstić information content (AvgIpc) is 2.29. The molecule has 0 saturated carbocycles. The summed E-state index contributed by atoms with van der Waals surface area (Å²) < 4.78 is 61.2. The van der Waals surface area contributed by atoms with Crippen molar-refractivity contribution < 1.29 is 21.6 Å². The van der Waals surface area contributed by atoms with E-state index in [2.05, 4.69) is 21.2 Å². The standard InChI is InChI=1S/C11H13BrF3NO2S/c1-2-19(17,18)6-5-16-10-4-3-8(12)7-9(10)11(13,14)15/h3-4,7,16H,2,5-6H2,1H3. The summed E-state index contributed by atoms with van der Waals surface area (Å²) in [4.78, 5) is 0. The molecule has 0 saturated heterocycles. The predicted octanol–water partition coefficient (Wildman–Crippen LogP) is 3.31. The Bertz CT molecular complexity index is 543. The van der Waals surface area contributed by atoms with Crippen LogP contribution in [-0.2, 0) is 16.0 Å². The lowest BCUT2D eigenvalue weighted by Gasteiger charge is -2.14. The first-order valence-corrected chi connectivity index (χ1v) is 8.08. The molecule has 8 heteroatoms. The van der Waals surface area contributed by atoms with Crippen molar-refractivity contribution in [2.24, 2.45) is 0 Å². The average molecular weight is 360 g/mol. The molecule has 1 aromatic carbocycles. The van der Waals surface area contributed by atoms with Crippen molar-refractivity contribution in [3.05, 3.63) is 28.2 Å². The first-order valence-electron chi connectivity index (χ1n) is 5.47. The van der Waals surface area contributed by atoms with Gasteiger partial charge in [-0.05, 0) is 18.2 Å². The maximum Gasteiger partial charge on any atom is 0.418 e. The number of benzene rings is 1.